The first-order chi connectivity index (χ1) is 12.0. The minimum atomic E-state index is 0.0928. The molecular formula is C18H32N4O3. The van der Waals surface area contributed by atoms with Crippen LogP contribution >= 0.6 is 0 Å². The molecule has 7 heteroatoms. The van der Waals surface area contributed by atoms with E-state index < -0.39 is 0 Å². The Morgan fingerprint density at radius 1 is 1.36 bits per heavy atom. The van der Waals surface area contributed by atoms with Crippen molar-refractivity contribution in [3.8, 4) is 0 Å². The topological polar surface area (TPSA) is 80.5 Å². The maximum Gasteiger partial charge on any atom is 0.243 e. The Kier molecular flexibility index (Phi) is 7.84. The largest absolute Gasteiger partial charge is 0.382 e. The van der Waals surface area contributed by atoms with Gasteiger partial charge in [-0.25, -0.2) is 0 Å². The van der Waals surface area contributed by atoms with Crippen LogP contribution in [0.5, 0.6) is 0 Å². The van der Waals surface area contributed by atoms with Crippen molar-refractivity contribution in [1.29, 1.82) is 0 Å². The van der Waals surface area contributed by atoms with Crippen molar-refractivity contribution < 1.29 is 14.1 Å². The quantitative estimate of drug-likeness (QED) is 0.688. The number of piperidine rings is 1. The van der Waals surface area contributed by atoms with Crippen molar-refractivity contribution in [2.75, 3.05) is 32.8 Å². The van der Waals surface area contributed by atoms with Crippen LogP contribution in [0.2, 0.25) is 0 Å². The molecule has 7 nitrogen and oxygen atoms in total. The van der Waals surface area contributed by atoms with E-state index in [1.54, 1.807) is 0 Å². The van der Waals surface area contributed by atoms with Crippen molar-refractivity contribution in [1.82, 2.24) is 20.4 Å². The van der Waals surface area contributed by atoms with Gasteiger partial charge in [0, 0.05) is 31.6 Å². The van der Waals surface area contributed by atoms with Gasteiger partial charge in [-0.05, 0) is 46.2 Å². The van der Waals surface area contributed by atoms with Gasteiger partial charge in [0.15, 0.2) is 5.82 Å². The van der Waals surface area contributed by atoms with Crippen LogP contribution in [-0.2, 0) is 9.53 Å². The van der Waals surface area contributed by atoms with Gasteiger partial charge in [-0.2, -0.15) is 4.98 Å². The second kappa shape index (κ2) is 9.87. The normalized spacial score (nSPS) is 17.8. The molecule has 0 aromatic carbocycles. The molecule has 1 saturated heterocycles. The number of carbonyl (C=O) groups is 1. The van der Waals surface area contributed by atoms with Crippen molar-refractivity contribution in [2.24, 2.45) is 5.92 Å². The molecule has 0 aliphatic carbocycles. The van der Waals surface area contributed by atoms with Crippen LogP contribution in [-0.4, -0.2) is 53.8 Å². The predicted molar refractivity (Wildman–Crippen MR) is 95.2 cm³/mol. The first kappa shape index (κ1) is 19.8. The number of nitrogens with zero attached hydrogens (tertiary/aromatic N) is 3. The molecule has 0 spiro atoms. The van der Waals surface area contributed by atoms with Crippen LogP contribution in [0.3, 0.4) is 0 Å². The molecule has 1 aromatic heterocycles. The standard InChI is InChI=1S/C18H32N4O3/c1-5-24-12-6-9-19-17(23)15-7-10-22(11-8-15)14(4)18-20-16(13(2)3)21-25-18/h13-15H,5-12H2,1-4H3,(H,19,23). The lowest BCUT2D eigenvalue weighted by Gasteiger charge is -2.33. The summed E-state index contributed by atoms with van der Waals surface area (Å²) in [7, 11) is 0. The zero-order chi connectivity index (χ0) is 18.2. The highest BCUT2D eigenvalue weighted by atomic mass is 16.5. The summed E-state index contributed by atoms with van der Waals surface area (Å²) in [6.45, 7) is 12.0. The van der Waals surface area contributed by atoms with Gasteiger partial charge >= 0.3 is 0 Å². The zero-order valence-electron chi connectivity index (χ0n) is 16.0. The van der Waals surface area contributed by atoms with Gasteiger partial charge in [0.1, 0.15) is 0 Å². The number of nitrogens with one attached hydrogen (secondary N) is 1. The van der Waals surface area contributed by atoms with Crippen LogP contribution in [0, 0.1) is 5.92 Å². The molecule has 1 fully saturated rings. The number of amides is 1. The van der Waals surface area contributed by atoms with Crippen molar-refractivity contribution >= 4 is 5.91 Å². The van der Waals surface area contributed by atoms with Crippen LogP contribution in [0.4, 0.5) is 0 Å². The van der Waals surface area contributed by atoms with Gasteiger partial charge in [-0.15, -0.1) is 0 Å². The van der Waals surface area contributed by atoms with E-state index >= 15 is 0 Å². The second-order valence-corrected chi connectivity index (χ2v) is 6.97. The monoisotopic (exact) mass is 352 g/mol. The Balaban J connectivity index is 1.73. The number of aromatic nitrogens is 2. The maximum atomic E-state index is 12.2. The summed E-state index contributed by atoms with van der Waals surface area (Å²) < 4.78 is 10.7. The molecule has 25 heavy (non-hydrogen) atoms. The maximum absolute atomic E-state index is 12.2. The second-order valence-electron chi connectivity index (χ2n) is 6.97. The van der Waals surface area contributed by atoms with E-state index in [0.717, 1.165) is 44.8 Å². The molecule has 1 aromatic rings. The van der Waals surface area contributed by atoms with Crippen molar-refractivity contribution in [3.63, 3.8) is 0 Å². The predicted octanol–water partition coefficient (Wildman–Crippen LogP) is 2.51. The SMILES string of the molecule is CCOCCCNC(=O)C1CCN(C(C)c2nc(C(C)C)no2)CC1. The first-order valence-corrected chi connectivity index (χ1v) is 9.45. The highest BCUT2D eigenvalue weighted by Crippen LogP contribution is 2.26. The molecule has 0 radical (unpaired) electrons. The fraction of sp³-hybridized carbons (Fsp3) is 0.833. The van der Waals surface area contributed by atoms with Crippen molar-refractivity contribution in [2.45, 2.75) is 58.9 Å². The van der Waals surface area contributed by atoms with E-state index in [4.69, 9.17) is 9.26 Å². The average Bonchev–Trinajstić information content (AvgIpc) is 3.11. The third-order valence-electron chi connectivity index (χ3n) is 4.75. The number of ether oxygens (including phenoxy) is 1. The van der Waals surface area contributed by atoms with E-state index in [1.807, 2.05) is 6.92 Å². The first-order valence-electron chi connectivity index (χ1n) is 9.45. The minimum absolute atomic E-state index is 0.0928. The van der Waals surface area contributed by atoms with Gasteiger partial charge in [-0.1, -0.05) is 19.0 Å². The van der Waals surface area contributed by atoms with Gasteiger partial charge in [-0.3, -0.25) is 9.69 Å². The third-order valence-corrected chi connectivity index (χ3v) is 4.75. The molecule has 1 N–H and O–H groups in total. The molecule has 2 heterocycles. The molecule has 1 aliphatic rings. The lowest BCUT2D eigenvalue weighted by Crippen LogP contribution is -2.41. The van der Waals surface area contributed by atoms with E-state index in [9.17, 15) is 4.79 Å². The Labute approximate surface area is 150 Å². The summed E-state index contributed by atoms with van der Waals surface area (Å²) in [6.07, 6.45) is 2.60. The molecule has 1 amide bonds. The summed E-state index contributed by atoms with van der Waals surface area (Å²) in [5, 5.41) is 7.07. The molecule has 142 valence electrons. The van der Waals surface area contributed by atoms with E-state index in [-0.39, 0.29) is 23.8 Å². The van der Waals surface area contributed by atoms with Gasteiger partial charge < -0.3 is 14.6 Å². The van der Waals surface area contributed by atoms with E-state index in [1.165, 1.54) is 0 Å². The smallest absolute Gasteiger partial charge is 0.243 e. The molecular weight excluding hydrogens is 320 g/mol. The Bertz CT molecular complexity index is 524. The molecule has 2 rings (SSSR count). The average molecular weight is 352 g/mol. The minimum Gasteiger partial charge on any atom is -0.382 e. The number of rotatable bonds is 9. The van der Waals surface area contributed by atoms with Gasteiger partial charge in [0.25, 0.3) is 0 Å². The summed E-state index contributed by atoms with van der Waals surface area (Å²) >= 11 is 0. The van der Waals surface area contributed by atoms with E-state index in [2.05, 4.69) is 41.1 Å². The number of hydrogen-bond acceptors (Lipinski definition) is 6. The molecule has 1 atom stereocenters. The summed E-state index contributed by atoms with van der Waals surface area (Å²) in [6, 6.07) is 0.0928. The van der Waals surface area contributed by atoms with E-state index in [0.29, 0.717) is 19.0 Å². The number of carbonyl (C=O) groups excluding carboxylic acids is 1. The Morgan fingerprint density at radius 2 is 2.08 bits per heavy atom. The highest BCUT2D eigenvalue weighted by molar-refractivity contribution is 5.78. The highest BCUT2D eigenvalue weighted by Gasteiger charge is 2.29. The van der Waals surface area contributed by atoms with Gasteiger partial charge in [0.05, 0.1) is 6.04 Å². The lowest BCUT2D eigenvalue weighted by atomic mass is 9.95. The van der Waals surface area contributed by atoms with Crippen LogP contribution < -0.4 is 5.32 Å². The molecule has 0 saturated carbocycles. The fourth-order valence-corrected chi connectivity index (χ4v) is 3.03. The zero-order valence-corrected chi connectivity index (χ0v) is 16.0. The Hall–Kier alpha value is -1.47. The molecule has 1 aliphatic heterocycles. The summed E-state index contributed by atoms with van der Waals surface area (Å²) in [4.78, 5) is 19.1. The molecule has 1 unspecified atom stereocenters. The van der Waals surface area contributed by atoms with Crippen LogP contribution in [0.25, 0.3) is 0 Å². The number of likely N-dealkylation sites (tertiary alicyclic amines) is 1. The summed E-state index contributed by atoms with van der Waals surface area (Å²) in [5.41, 5.74) is 0. The molecule has 0 bridgehead atoms. The van der Waals surface area contributed by atoms with Crippen LogP contribution in [0.15, 0.2) is 4.52 Å². The van der Waals surface area contributed by atoms with Crippen LogP contribution in [0.1, 0.15) is 70.6 Å². The number of hydrogen-bond donors (Lipinski definition) is 1. The Morgan fingerprint density at radius 3 is 2.68 bits per heavy atom. The lowest BCUT2D eigenvalue weighted by molar-refractivity contribution is -0.126. The van der Waals surface area contributed by atoms with Gasteiger partial charge in [0.2, 0.25) is 11.8 Å². The summed E-state index contributed by atoms with van der Waals surface area (Å²) in [5.74, 6) is 1.96. The third kappa shape index (κ3) is 5.78. The fourth-order valence-electron chi connectivity index (χ4n) is 3.03. The van der Waals surface area contributed by atoms with Crippen molar-refractivity contribution in [3.05, 3.63) is 11.7 Å².